The summed E-state index contributed by atoms with van der Waals surface area (Å²) in [6.45, 7) is 1.18. The Labute approximate surface area is 203 Å². The lowest BCUT2D eigenvalue weighted by molar-refractivity contribution is -0.155. The molecular weight excluding hydrogens is 479 g/mol. The van der Waals surface area contributed by atoms with Gasteiger partial charge in [0.15, 0.2) is 0 Å². The van der Waals surface area contributed by atoms with Crippen molar-refractivity contribution >= 4 is 28.6 Å². The van der Waals surface area contributed by atoms with E-state index in [0.717, 1.165) is 15.7 Å². The van der Waals surface area contributed by atoms with Gasteiger partial charge in [0.1, 0.15) is 23.8 Å². The van der Waals surface area contributed by atoms with Crippen LogP contribution in [0.1, 0.15) is 21.5 Å². The number of piperazine rings is 1. The Hall–Kier alpha value is -3.93. The van der Waals surface area contributed by atoms with E-state index in [4.69, 9.17) is 0 Å². The van der Waals surface area contributed by atoms with Gasteiger partial charge in [0.2, 0.25) is 0 Å². The smallest absolute Gasteiger partial charge is 0.405 e. The van der Waals surface area contributed by atoms with E-state index < -0.39 is 42.7 Å². The molecule has 0 aliphatic carbocycles. The van der Waals surface area contributed by atoms with E-state index in [0.29, 0.717) is 5.69 Å². The normalized spacial score (nSPS) is 16.2. The first kappa shape index (κ1) is 25.2. The largest absolute Gasteiger partial charge is 0.480 e. The Bertz CT molecular complexity index is 1350. The highest BCUT2D eigenvalue weighted by Crippen LogP contribution is 2.29. The van der Waals surface area contributed by atoms with Gasteiger partial charge in [-0.1, -0.05) is 29.8 Å². The minimum absolute atomic E-state index is 0.0305. The number of aryl methyl sites for hydroxylation is 1. The third-order valence-corrected chi connectivity index (χ3v) is 5.99. The molecule has 1 atom stereocenters. The molecule has 2 aromatic heterocycles. The standard InChI is InChI=1S/C24H24F3N5O4/c1-14-2-4-15(5-3-14)11-30-22(35)17-10-16-18(31-9-8-28-19(12-31)24(25,26)27)6-7-29-21(16)32(23(17)36)13-20(33)34/h2-7,10,19,28H,8-9,11-13H2,1H3,(H,30,35)(H,33,34). The highest BCUT2D eigenvalue weighted by molar-refractivity contribution is 6.00. The fraction of sp³-hybridized carbons (Fsp3) is 0.333. The summed E-state index contributed by atoms with van der Waals surface area (Å²) in [6, 6.07) is 8.38. The molecule has 190 valence electrons. The van der Waals surface area contributed by atoms with Crippen LogP contribution in [-0.4, -0.2) is 58.4 Å². The van der Waals surface area contributed by atoms with Crippen LogP contribution >= 0.6 is 0 Å². The average Bonchev–Trinajstić information content (AvgIpc) is 2.84. The van der Waals surface area contributed by atoms with Gasteiger partial charge in [-0.05, 0) is 24.6 Å². The van der Waals surface area contributed by atoms with E-state index in [-0.39, 0.29) is 36.2 Å². The number of aromatic nitrogens is 2. The van der Waals surface area contributed by atoms with Crippen LogP contribution in [0.2, 0.25) is 0 Å². The molecule has 0 radical (unpaired) electrons. The number of halogens is 3. The average molecular weight is 503 g/mol. The van der Waals surface area contributed by atoms with Crippen LogP contribution < -0.4 is 21.1 Å². The number of rotatable bonds is 6. The molecule has 0 bridgehead atoms. The molecule has 0 saturated carbocycles. The van der Waals surface area contributed by atoms with Gasteiger partial charge in [-0.25, -0.2) is 4.98 Å². The number of hydrogen-bond donors (Lipinski definition) is 3. The fourth-order valence-corrected chi connectivity index (χ4v) is 4.15. The van der Waals surface area contributed by atoms with Crippen LogP contribution in [0.4, 0.5) is 18.9 Å². The summed E-state index contributed by atoms with van der Waals surface area (Å²) in [5.41, 5.74) is 0.940. The van der Waals surface area contributed by atoms with Gasteiger partial charge in [0, 0.05) is 43.4 Å². The van der Waals surface area contributed by atoms with Crippen molar-refractivity contribution in [3.05, 3.63) is 69.6 Å². The lowest BCUT2D eigenvalue weighted by atomic mass is 10.1. The third kappa shape index (κ3) is 5.33. The van der Waals surface area contributed by atoms with Gasteiger partial charge in [0.25, 0.3) is 11.5 Å². The Kier molecular flexibility index (Phi) is 6.97. The van der Waals surface area contributed by atoms with Crippen molar-refractivity contribution < 1.29 is 27.9 Å². The van der Waals surface area contributed by atoms with Crippen molar-refractivity contribution in [3.8, 4) is 0 Å². The Balaban J connectivity index is 1.76. The van der Waals surface area contributed by atoms with E-state index in [2.05, 4.69) is 15.6 Å². The second-order valence-electron chi connectivity index (χ2n) is 8.57. The van der Waals surface area contributed by atoms with Crippen molar-refractivity contribution in [1.82, 2.24) is 20.2 Å². The quantitative estimate of drug-likeness (QED) is 0.472. The molecule has 3 aromatic rings. The van der Waals surface area contributed by atoms with E-state index in [1.807, 2.05) is 31.2 Å². The van der Waals surface area contributed by atoms with Crippen molar-refractivity contribution in [2.75, 3.05) is 24.5 Å². The number of carboxylic acid groups (broad SMARTS) is 1. The lowest BCUT2D eigenvalue weighted by Crippen LogP contribution is -2.57. The maximum atomic E-state index is 13.4. The van der Waals surface area contributed by atoms with Gasteiger partial charge in [-0.3, -0.25) is 19.0 Å². The molecule has 0 spiro atoms. The SMILES string of the molecule is Cc1ccc(CNC(=O)c2cc3c(N4CCNC(C(F)(F)F)C4)ccnc3n(CC(=O)O)c2=O)cc1. The Morgan fingerprint density at radius 2 is 1.94 bits per heavy atom. The summed E-state index contributed by atoms with van der Waals surface area (Å²) in [6.07, 6.45) is -3.16. The summed E-state index contributed by atoms with van der Waals surface area (Å²) in [7, 11) is 0. The molecule has 4 rings (SSSR count). The molecule has 1 aromatic carbocycles. The van der Waals surface area contributed by atoms with Crippen LogP contribution in [0.25, 0.3) is 11.0 Å². The molecular formula is C24H24F3N5O4. The first-order valence-electron chi connectivity index (χ1n) is 11.2. The zero-order chi connectivity index (χ0) is 26.0. The number of amides is 1. The number of nitrogens with one attached hydrogen (secondary N) is 2. The molecule has 1 saturated heterocycles. The van der Waals surface area contributed by atoms with Crippen LogP contribution in [0.15, 0.2) is 47.4 Å². The maximum Gasteiger partial charge on any atom is 0.405 e. The van der Waals surface area contributed by atoms with Crippen molar-refractivity contribution in [2.45, 2.75) is 32.2 Å². The number of nitrogens with zero attached hydrogens (tertiary/aromatic N) is 3. The molecule has 12 heteroatoms. The monoisotopic (exact) mass is 503 g/mol. The zero-order valence-corrected chi connectivity index (χ0v) is 19.3. The predicted octanol–water partition coefficient (Wildman–Crippen LogP) is 2.06. The molecule has 1 aliphatic rings. The highest BCUT2D eigenvalue weighted by Gasteiger charge is 2.42. The van der Waals surface area contributed by atoms with Gasteiger partial charge in [0.05, 0.1) is 0 Å². The van der Waals surface area contributed by atoms with Gasteiger partial charge in [-0.15, -0.1) is 0 Å². The number of fused-ring (bicyclic) bond motifs is 1. The highest BCUT2D eigenvalue weighted by atomic mass is 19.4. The topological polar surface area (TPSA) is 117 Å². The minimum atomic E-state index is -4.46. The number of aliphatic carboxylic acids is 1. The molecule has 1 amide bonds. The zero-order valence-electron chi connectivity index (χ0n) is 19.3. The van der Waals surface area contributed by atoms with E-state index >= 15 is 0 Å². The summed E-state index contributed by atoms with van der Waals surface area (Å²) in [5, 5.41) is 14.7. The molecule has 9 nitrogen and oxygen atoms in total. The summed E-state index contributed by atoms with van der Waals surface area (Å²) in [4.78, 5) is 43.2. The number of hydrogen-bond acceptors (Lipinski definition) is 6. The second kappa shape index (κ2) is 9.97. The molecule has 1 fully saturated rings. The first-order valence-corrected chi connectivity index (χ1v) is 11.2. The Morgan fingerprint density at radius 3 is 2.61 bits per heavy atom. The third-order valence-electron chi connectivity index (χ3n) is 5.99. The van der Waals surface area contributed by atoms with Crippen LogP contribution in [0, 0.1) is 6.92 Å². The first-order chi connectivity index (χ1) is 17.0. The number of alkyl halides is 3. The van der Waals surface area contributed by atoms with E-state index in [9.17, 15) is 32.7 Å². The number of anilines is 1. The van der Waals surface area contributed by atoms with E-state index in [1.54, 1.807) is 0 Å². The van der Waals surface area contributed by atoms with Crippen molar-refractivity contribution in [2.24, 2.45) is 0 Å². The van der Waals surface area contributed by atoms with Gasteiger partial charge >= 0.3 is 12.1 Å². The molecule has 36 heavy (non-hydrogen) atoms. The van der Waals surface area contributed by atoms with Crippen molar-refractivity contribution in [1.29, 1.82) is 0 Å². The molecule has 3 heterocycles. The number of carbonyl (C=O) groups is 2. The molecule has 3 N–H and O–H groups in total. The predicted molar refractivity (Wildman–Crippen MR) is 126 cm³/mol. The summed E-state index contributed by atoms with van der Waals surface area (Å²) in [5.74, 6) is -2.06. The Morgan fingerprint density at radius 1 is 1.22 bits per heavy atom. The maximum absolute atomic E-state index is 13.4. The number of carbonyl (C=O) groups excluding carboxylic acids is 1. The van der Waals surface area contributed by atoms with Crippen LogP contribution in [0.5, 0.6) is 0 Å². The summed E-state index contributed by atoms with van der Waals surface area (Å²) < 4.78 is 40.9. The van der Waals surface area contributed by atoms with Gasteiger partial charge < -0.3 is 20.6 Å². The fourth-order valence-electron chi connectivity index (χ4n) is 4.15. The lowest BCUT2D eigenvalue weighted by Gasteiger charge is -2.36. The van der Waals surface area contributed by atoms with Gasteiger partial charge in [-0.2, -0.15) is 13.2 Å². The molecule has 1 unspecified atom stereocenters. The van der Waals surface area contributed by atoms with Crippen LogP contribution in [-0.2, 0) is 17.9 Å². The number of carboxylic acids is 1. The van der Waals surface area contributed by atoms with E-state index in [1.165, 1.54) is 23.2 Å². The second-order valence-corrected chi connectivity index (χ2v) is 8.57. The number of benzene rings is 1. The summed E-state index contributed by atoms with van der Waals surface area (Å²) >= 11 is 0. The van der Waals surface area contributed by atoms with Crippen molar-refractivity contribution in [3.63, 3.8) is 0 Å². The number of pyridine rings is 2. The van der Waals surface area contributed by atoms with Crippen LogP contribution in [0.3, 0.4) is 0 Å². The minimum Gasteiger partial charge on any atom is -0.480 e. The molecule has 1 aliphatic heterocycles.